The number of benzene rings is 1. The maximum atomic E-state index is 12.0. The lowest BCUT2D eigenvalue weighted by Crippen LogP contribution is -2.42. The molecule has 1 amide bonds. The molecule has 0 saturated carbocycles. The minimum Gasteiger partial charge on any atom is -0.329 e. The first kappa shape index (κ1) is 11.9. The van der Waals surface area contributed by atoms with Crippen molar-refractivity contribution in [3.05, 3.63) is 47.2 Å². The van der Waals surface area contributed by atoms with E-state index in [2.05, 4.69) is 10.6 Å². The van der Waals surface area contributed by atoms with Gasteiger partial charge < -0.3 is 10.6 Å². The molecule has 2 rings (SSSR count). The number of hydrogen-bond acceptors (Lipinski definition) is 2. The van der Waals surface area contributed by atoms with Crippen molar-refractivity contribution in [2.75, 3.05) is 6.54 Å². The Morgan fingerprint density at radius 2 is 1.94 bits per heavy atom. The summed E-state index contributed by atoms with van der Waals surface area (Å²) in [5, 5.41) is 6.23. The molecular formula is C14H18N2O. The maximum Gasteiger partial charge on any atom is 0.241 e. The van der Waals surface area contributed by atoms with Crippen molar-refractivity contribution in [2.45, 2.75) is 26.3 Å². The Morgan fingerprint density at radius 3 is 2.65 bits per heavy atom. The molecule has 1 heterocycles. The summed E-state index contributed by atoms with van der Waals surface area (Å²) in [6.45, 7) is 4.75. The highest BCUT2D eigenvalue weighted by Gasteiger charge is 2.21. The van der Waals surface area contributed by atoms with E-state index in [1.807, 2.05) is 44.2 Å². The van der Waals surface area contributed by atoms with E-state index in [9.17, 15) is 4.79 Å². The third kappa shape index (κ3) is 2.94. The van der Waals surface area contributed by atoms with Crippen LogP contribution in [0.4, 0.5) is 0 Å². The molecule has 0 radical (unpaired) electrons. The van der Waals surface area contributed by atoms with Gasteiger partial charge >= 0.3 is 0 Å². The molecule has 0 unspecified atom stereocenters. The molecule has 0 aromatic heterocycles. The molecule has 0 spiro atoms. The standard InChI is InChI=1S/C14H18N2O/c1-10-9-15-13(14(17)16-11(10)2)8-12-6-4-3-5-7-12/h3-7,13,15H,8-9H2,1-2H3,(H,16,17)/t13-/m0/s1. The molecule has 0 fully saturated rings. The molecule has 1 aromatic carbocycles. The van der Waals surface area contributed by atoms with Gasteiger partial charge in [-0.3, -0.25) is 4.79 Å². The van der Waals surface area contributed by atoms with Crippen LogP contribution in [0, 0.1) is 0 Å². The smallest absolute Gasteiger partial charge is 0.241 e. The van der Waals surface area contributed by atoms with Crippen molar-refractivity contribution < 1.29 is 4.79 Å². The minimum absolute atomic E-state index is 0.0585. The molecule has 1 aliphatic heterocycles. The maximum absolute atomic E-state index is 12.0. The van der Waals surface area contributed by atoms with Crippen LogP contribution in [0.15, 0.2) is 41.6 Å². The monoisotopic (exact) mass is 230 g/mol. The molecular weight excluding hydrogens is 212 g/mol. The highest BCUT2D eigenvalue weighted by Crippen LogP contribution is 2.08. The summed E-state index contributed by atoms with van der Waals surface area (Å²) in [5.41, 5.74) is 3.34. The number of allylic oxidation sites excluding steroid dienone is 1. The van der Waals surface area contributed by atoms with E-state index >= 15 is 0 Å². The molecule has 1 aliphatic rings. The van der Waals surface area contributed by atoms with Crippen LogP contribution in [-0.2, 0) is 11.2 Å². The zero-order valence-electron chi connectivity index (χ0n) is 10.3. The summed E-state index contributed by atoms with van der Waals surface area (Å²) in [6, 6.07) is 9.93. The second-order valence-electron chi connectivity index (χ2n) is 4.52. The van der Waals surface area contributed by atoms with E-state index in [1.54, 1.807) is 0 Å². The van der Waals surface area contributed by atoms with Crippen LogP contribution >= 0.6 is 0 Å². The lowest BCUT2D eigenvalue weighted by atomic mass is 10.1. The van der Waals surface area contributed by atoms with Crippen LogP contribution in [0.3, 0.4) is 0 Å². The first-order valence-corrected chi connectivity index (χ1v) is 5.91. The number of carbonyl (C=O) groups is 1. The van der Waals surface area contributed by atoms with Gasteiger partial charge in [-0.2, -0.15) is 0 Å². The molecule has 90 valence electrons. The van der Waals surface area contributed by atoms with Gasteiger partial charge in [0, 0.05) is 12.2 Å². The second kappa shape index (κ2) is 5.15. The van der Waals surface area contributed by atoms with Gasteiger partial charge in [0.2, 0.25) is 5.91 Å². The van der Waals surface area contributed by atoms with Gasteiger partial charge in [-0.1, -0.05) is 30.3 Å². The third-order valence-corrected chi connectivity index (χ3v) is 3.16. The zero-order chi connectivity index (χ0) is 12.3. The van der Waals surface area contributed by atoms with Crippen molar-refractivity contribution >= 4 is 5.91 Å². The van der Waals surface area contributed by atoms with E-state index < -0.39 is 0 Å². The van der Waals surface area contributed by atoms with Gasteiger partial charge in [0.1, 0.15) is 0 Å². The first-order chi connectivity index (χ1) is 8.16. The number of hydrogen-bond donors (Lipinski definition) is 2. The van der Waals surface area contributed by atoms with Crippen LogP contribution in [0.5, 0.6) is 0 Å². The Balaban J connectivity index is 2.06. The van der Waals surface area contributed by atoms with Crippen LogP contribution < -0.4 is 10.6 Å². The first-order valence-electron chi connectivity index (χ1n) is 5.91. The van der Waals surface area contributed by atoms with Crippen molar-refractivity contribution in [2.24, 2.45) is 0 Å². The van der Waals surface area contributed by atoms with Gasteiger partial charge in [-0.05, 0) is 31.4 Å². The summed E-state index contributed by atoms with van der Waals surface area (Å²) in [7, 11) is 0. The fourth-order valence-corrected chi connectivity index (χ4v) is 1.89. The van der Waals surface area contributed by atoms with Crippen LogP contribution in [0.2, 0.25) is 0 Å². The highest BCUT2D eigenvalue weighted by atomic mass is 16.2. The van der Waals surface area contributed by atoms with E-state index in [4.69, 9.17) is 0 Å². The summed E-state index contributed by atoms with van der Waals surface area (Å²) in [6.07, 6.45) is 0.729. The summed E-state index contributed by atoms with van der Waals surface area (Å²) >= 11 is 0. The van der Waals surface area contributed by atoms with Gasteiger partial charge in [0.25, 0.3) is 0 Å². The van der Waals surface area contributed by atoms with Gasteiger partial charge in [-0.15, -0.1) is 0 Å². The summed E-state index contributed by atoms with van der Waals surface area (Å²) in [4.78, 5) is 12.0. The normalized spacial score (nSPS) is 21.1. The van der Waals surface area contributed by atoms with Gasteiger partial charge in [-0.25, -0.2) is 0 Å². The number of rotatable bonds is 2. The van der Waals surface area contributed by atoms with Crippen molar-refractivity contribution in [3.63, 3.8) is 0 Å². The molecule has 1 aromatic rings. The molecule has 3 heteroatoms. The van der Waals surface area contributed by atoms with E-state index in [0.29, 0.717) is 0 Å². The van der Waals surface area contributed by atoms with E-state index in [0.717, 1.165) is 18.7 Å². The van der Waals surface area contributed by atoms with Crippen LogP contribution in [0.25, 0.3) is 0 Å². The summed E-state index contributed by atoms with van der Waals surface area (Å²) < 4.78 is 0. The van der Waals surface area contributed by atoms with Crippen molar-refractivity contribution in [1.82, 2.24) is 10.6 Å². The second-order valence-corrected chi connectivity index (χ2v) is 4.52. The third-order valence-electron chi connectivity index (χ3n) is 3.16. The minimum atomic E-state index is -0.148. The Kier molecular flexibility index (Phi) is 3.59. The molecule has 2 N–H and O–H groups in total. The molecule has 17 heavy (non-hydrogen) atoms. The zero-order valence-corrected chi connectivity index (χ0v) is 10.3. The predicted molar refractivity (Wildman–Crippen MR) is 68.5 cm³/mol. The quantitative estimate of drug-likeness (QED) is 0.810. The fourth-order valence-electron chi connectivity index (χ4n) is 1.89. The largest absolute Gasteiger partial charge is 0.329 e. The molecule has 0 aliphatic carbocycles. The van der Waals surface area contributed by atoms with Crippen molar-refractivity contribution in [3.8, 4) is 0 Å². The van der Waals surface area contributed by atoms with Gasteiger partial charge in [0.15, 0.2) is 0 Å². The van der Waals surface area contributed by atoms with E-state index in [1.165, 1.54) is 11.1 Å². The van der Waals surface area contributed by atoms with Gasteiger partial charge in [0.05, 0.1) is 6.04 Å². The molecule has 1 atom stereocenters. The molecule has 3 nitrogen and oxygen atoms in total. The molecule has 0 saturated heterocycles. The predicted octanol–water partition coefficient (Wildman–Crippen LogP) is 1.61. The van der Waals surface area contributed by atoms with Crippen LogP contribution in [-0.4, -0.2) is 18.5 Å². The SMILES string of the molecule is CC1=C(C)NC(=O)[C@H](Cc2ccccc2)NC1. The topological polar surface area (TPSA) is 41.1 Å². The highest BCUT2D eigenvalue weighted by molar-refractivity contribution is 5.84. The Bertz CT molecular complexity index is 437. The Labute approximate surface area is 102 Å². The number of nitrogens with one attached hydrogen (secondary N) is 2. The fraction of sp³-hybridized carbons (Fsp3) is 0.357. The lowest BCUT2D eigenvalue weighted by Gasteiger charge is -2.14. The number of carbonyl (C=O) groups excluding carboxylic acids is 1. The summed E-state index contributed by atoms with van der Waals surface area (Å²) in [5.74, 6) is 0.0585. The lowest BCUT2D eigenvalue weighted by molar-refractivity contribution is -0.122. The number of amides is 1. The average molecular weight is 230 g/mol. The Morgan fingerprint density at radius 1 is 1.24 bits per heavy atom. The average Bonchev–Trinajstić information content (AvgIpc) is 2.44. The Hall–Kier alpha value is -1.61. The van der Waals surface area contributed by atoms with Crippen molar-refractivity contribution in [1.29, 1.82) is 0 Å². The van der Waals surface area contributed by atoms with Crippen LogP contribution in [0.1, 0.15) is 19.4 Å². The van der Waals surface area contributed by atoms with E-state index in [-0.39, 0.29) is 11.9 Å². The molecule has 0 bridgehead atoms.